The molecule has 1 N–H and O–H groups in total. The first kappa shape index (κ1) is 23.6. The van der Waals surface area contributed by atoms with Gasteiger partial charge in [-0.1, -0.05) is 0 Å². The van der Waals surface area contributed by atoms with E-state index in [4.69, 9.17) is 14.5 Å². The third-order valence-electron chi connectivity index (χ3n) is 6.23. The lowest BCUT2D eigenvalue weighted by Gasteiger charge is -2.16. The van der Waals surface area contributed by atoms with Gasteiger partial charge in [0.25, 0.3) is 0 Å². The first-order valence-corrected chi connectivity index (χ1v) is 12.6. The predicted molar refractivity (Wildman–Crippen MR) is 125 cm³/mol. The molecule has 1 aliphatic heterocycles. The van der Waals surface area contributed by atoms with Gasteiger partial charge in [-0.25, -0.2) is 19.7 Å². The molecule has 3 aromatic rings. The van der Waals surface area contributed by atoms with Gasteiger partial charge in [-0.3, -0.25) is 9.00 Å². The first-order chi connectivity index (χ1) is 17.0. The number of fused-ring (bicyclic) bond motifs is 1. The molecule has 0 bridgehead atoms. The molecule has 3 aromatic heterocycles. The Labute approximate surface area is 204 Å². The summed E-state index contributed by atoms with van der Waals surface area (Å²) in [6.07, 6.45) is 5.62. The van der Waals surface area contributed by atoms with E-state index in [2.05, 4.69) is 19.7 Å². The van der Waals surface area contributed by atoms with Gasteiger partial charge in [0.15, 0.2) is 11.2 Å². The maximum absolute atomic E-state index is 12.4. The zero-order chi connectivity index (χ0) is 24.5. The molecule has 1 saturated carbocycles. The number of aryl methyl sites for hydroxylation is 1. The smallest absolute Gasteiger partial charge is 0.245 e. The van der Waals surface area contributed by atoms with Gasteiger partial charge in [0, 0.05) is 60.6 Å². The number of nitrogens with one attached hydrogen (secondary N) is 1. The molecule has 0 spiro atoms. The number of likely N-dealkylation sites (tertiary alicyclic amines) is 1. The number of ether oxygens (including phenoxy) is 2. The standard InChI is InChI=1S/C22H27N7O5S/c1-3-29-18(14-8-15(10-26-35(31)32)20(33-2)23-9-14)27-17-19(29)24-12-25-21(17)34-16-6-7-28(11-16)22(30)13-4-5-13/h8-9,12-13,16,26H,3-7,10-11H2,1-2H3,(H,31,32)/p-1. The van der Waals surface area contributed by atoms with Crippen molar-refractivity contribution in [3.05, 3.63) is 24.2 Å². The highest BCUT2D eigenvalue weighted by atomic mass is 32.2. The Bertz CT molecular complexity index is 1280. The van der Waals surface area contributed by atoms with Gasteiger partial charge in [-0.05, 0) is 25.8 Å². The number of pyridine rings is 1. The fraction of sp³-hybridized carbons (Fsp3) is 0.500. The van der Waals surface area contributed by atoms with Crippen molar-refractivity contribution in [2.45, 2.75) is 45.4 Å². The number of carbonyl (C=O) groups is 1. The highest BCUT2D eigenvalue weighted by Gasteiger charge is 2.37. The fourth-order valence-corrected chi connectivity index (χ4v) is 4.63. The van der Waals surface area contributed by atoms with E-state index in [1.165, 1.54) is 13.4 Å². The van der Waals surface area contributed by atoms with Crippen molar-refractivity contribution >= 4 is 28.3 Å². The Morgan fingerprint density at radius 2 is 2.09 bits per heavy atom. The highest BCUT2D eigenvalue weighted by Crippen LogP contribution is 2.34. The number of carbonyl (C=O) groups excluding carboxylic acids is 1. The number of aromatic nitrogens is 5. The number of hydrogen-bond donors (Lipinski definition) is 1. The zero-order valence-electron chi connectivity index (χ0n) is 19.5. The summed E-state index contributed by atoms with van der Waals surface area (Å²) in [4.78, 5) is 32.2. The van der Waals surface area contributed by atoms with Crippen LogP contribution in [0.4, 0.5) is 0 Å². The summed E-state index contributed by atoms with van der Waals surface area (Å²) in [7, 11) is 1.47. The summed E-state index contributed by atoms with van der Waals surface area (Å²) in [5.74, 6) is 1.71. The number of methoxy groups -OCH3 is 1. The molecule has 0 aromatic carbocycles. The summed E-state index contributed by atoms with van der Waals surface area (Å²) in [6.45, 7) is 3.82. The van der Waals surface area contributed by atoms with E-state index < -0.39 is 11.3 Å². The minimum atomic E-state index is -2.42. The van der Waals surface area contributed by atoms with E-state index in [-0.39, 0.29) is 24.5 Å². The summed E-state index contributed by atoms with van der Waals surface area (Å²) < 4.78 is 37.7. The molecule has 1 saturated heterocycles. The van der Waals surface area contributed by atoms with Crippen molar-refractivity contribution in [3.8, 4) is 23.1 Å². The van der Waals surface area contributed by atoms with Crippen molar-refractivity contribution in [2.24, 2.45) is 5.92 Å². The summed E-state index contributed by atoms with van der Waals surface area (Å²) in [6, 6.07) is 1.78. The number of rotatable bonds is 9. The van der Waals surface area contributed by atoms with Crippen LogP contribution in [-0.2, 0) is 29.2 Å². The molecule has 2 unspecified atom stereocenters. The molecule has 12 nitrogen and oxygen atoms in total. The maximum atomic E-state index is 12.4. The molecular formula is C22H26N7O5S-. The van der Waals surface area contributed by atoms with Crippen molar-refractivity contribution in [1.29, 1.82) is 0 Å². The summed E-state index contributed by atoms with van der Waals surface area (Å²) in [5, 5.41) is 0. The molecule has 1 aliphatic carbocycles. The SMILES string of the molecule is CCn1c(-c2cnc(OC)c(CNS(=O)[O-])c2)nc2c(OC3CCN(C(=O)C4CC4)C3)ncnc21. The maximum Gasteiger partial charge on any atom is 0.245 e. The lowest BCUT2D eigenvalue weighted by molar-refractivity contribution is -0.131. The van der Waals surface area contributed by atoms with E-state index >= 15 is 0 Å². The summed E-state index contributed by atoms with van der Waals surface area (Å²) >= 11 is -2.42. The molecule has 4 heterocycles. The van der Waals surface area contributed by atoms with Crippen LogP contribution in [0.3, 0.4) is 0 Å². The molecular weight excluding hydrogens is 474 g/mol. The fourth-order valence-electron chi connectivity index (χ4n) is 4.36. The van der Waals surface area contributed by atoms with Crippen LogP contribution >= 0.6 is 0 Å². The van der Waals surface area contributed by atoms with Crippen LogP contribution in [-0.4, -0.2) is 70.4 Å². The average molecular weight is 501 g/mol. The van der Waals surface area contributed by atoms with Gasteiger partial charge in [0.2, 0.25) is 17.7 Å². The van der Waals surface area contributed by atoms with E-state index in [1.807, 2.05) is 16.4 Å². The Morgan fingerprint density at radius 3 is 2.80 bits per heavy atom. The Morgan fingerprint density at radius 1 is 1.26 bits per heavy atom. The molecule has 5 rings (SSSR count). The Kier molecular flexibility index (Phi) is 6.62. The molecule has 2 aliphatic rings. The third-order valence-corrected chi connectivity index (χ3v) is 6.61. The predicted octanol–water partition coefficient (Wildman–Crippen LogP) is 1.19. The van der Waals surface area contributed by atoms with Crippen molar-refractivity contribution in [2.75, 3.05) is 20.2 Å². The van der Waals surface area contributed by atoms with E-state index in [0.717, 1.165) is 19.3 Å². The van der Waals surface area contributed by atoms with Crippen LogP contribution in [0.2, 0.25) is 0 Å². The van der Waals surface area contributed by atoms with Crippen LogP contribution in [0.5, 0.6) is 11.8 Å². The van der Waals surface area contributed by atoms with Crippen LogP contribution < -0.4 is 14.2 Å². The number of nitrogens with zero attached hydrogens (tertiary/aromatic N) is 6. The van der Waals surface area contributed by atoms with Crippen molar-refractivity contribution in [1.82, 2.24) is 34.1 Å². The molecule has 2 fully saturated rings. The number of amides is 1. The van der Waals surface area contributed by atoms with Crippen LogP contribution in [0, 0.1) is 5.92 Å². The largest absolute Gasteiger partial charge is 0.760 e. The lowest BCUT2D eigenvalue weighted by Crippen LogP contribution is -2.32. The topological polar surface area (TPSA) is 147 Å². The quantitative estimate of drug-likeness (QED) is 0.428. The van der Waals surface area contributed by atoms with Crippen LogP contribution in [0.15, 0.2) is 18.6 Å². The Balaban J connectivity index is 1.44. The van der Waals surface area contributed by atoms with Gasteiger partial charge in [-0.2, -0.15) is 4.98 Å². The monoisotopic (exact) mass is 500 g/mol. The Hall–Kier alpha value is -3.16. The zero-order valence-corrected chi connectivity index (χ0v) is 20.3. The molecule has 1 amide bonds. The van der Waals surface area contributed by atoms with Crippen LogP contribution in [0.25, 0.3) is 22.6 Å². The molecule has 2 atom stereocenters. The lowest BCUT2D eigenvalue weighted by atomic mass is 10.2. The molecule has 35 heavy (non-hydrogen) atoms. The third kappa shape index (κ3) is 4.83. The minimum Gasteiger partial charge on any atom is -0.760 e. The highest BCUT2D eigenvalue weighted by molar-refractivity contribution is 7.77. The second-order valence-corrected chi connectivity index (χ2v) is 9.32. The number of hydrogen-bond acceptors (Lipinski definition) is 9. The van der Waals surface area contributed by atoms with Gasteiger partial charge >= 0.3 is 0 Å². The minimum absolute atomic E-state index is 0.0262. The second-order valence-electron chi connectivity index (χ2n) is 8.57. The van der Waals surface area contributed by atoms with Gasteiger partial charge < -0.3 is 23.5 Å². The van der Waals surface area contributed by atoms with Crippen molar-refractivity contribution in [3.63, 3.8) is 0 Å². The molecule has 0 radical (unpaired) electrons. The van der Waals surface area contributed by atoms with E-state index in [0.29, 0.717) is 59.5 Å². The van der Waals surface area contributed by atoms with Gasteiger partial charge in [0.1, 0.15) is 18.3 Å². The van der Waals surface area contributed by atoms with E-state index in [9.17, 15) is 13.6 Å². The van der Waals surface area contributed by atoms with Gasteiger partial charge in [0.05, 0.1) is 13.7 Å². The van der Waals surface area contributed by atoms with Crippen molar-refractivity contribution < 1.29 is 23.0 Å². The van der Waals surface area contributed by atoms with Gasteiger partial charge in [-0.15, -0.1) is 0 Å². The normalized spacial score (nSPS) is 18.7. The molecule has 13 heteroatoms. The molecule has 186 valence electrons. The second kappa shape index (κ2) is 9.84. The average Bonchev–Trinajstić information content (AvgIpc) is 3.49. The van der Waals surface area contributed by atoms with E-state index in [1.54, 1.807) is 12.3 Å². The van der Waals surface area contributed by atoms with Crippen LogP contribution in [0.1, 0.15) is 31.7 Å². The first-order valence-electron chi connectivity index (χ1n) is 11.5. The number of imidazole rings is 1. The summed E-state index contributed by atoms with van der Waals surface area (Å²) in [5.41, 5.74) is 2.38.